The van der Waals surface area contributed by atoms with Crippen molar-refractivity contribution in [3.05, 3.63) is 63.6 Å². The molecule has 1 amide bonds. The molecular formula is C15H14Cl2N2O. The van der Waals surface area contributed by atoms with Gasteiger partial charge in [0.1, 0.15) is 0 Å². The number of hydrogen-bond acceptors (Lipinski definition) is 2. The molecule has 2 aromatic rings. The van der Waals surface area contributed by atoms with Gasteiger partial charge in [-0.25, -0.2) is 0 Å². The van der Waals surface area contributed by atoms with Gasteiger partial charge in [0.15, 0.2) is 0 Å². The van der Waals surface area contributed by atoms with Crippen LogP contribution in [0.3, 0.4) is 0 Å². The zero-order chi connectivity index (χ0) is 14.7. The Balaban J connectivity index is 2.17. The van der Waals surface area contributed by atoms with Crippen molar-refractivity contribution < 1.29 is 4.79 Å². The minimum atomic E-state index is -0.245. The number of halogens is 2. The standard InChI is InChI=1S/C15H14Cl2N2O/c1-9(10-5-3-2-4-6-10)19-15(20)11-7-12(16)14(18)13(17)8-11/h2-9H,18H2,1H3,(H,19,20)/t9-/m1/s1. The van der Waals surface area contributed by atoms with Crippen LogP contribution in [0.15, 0.2) is 42.5 Å². The zero-order valence-corrected chi connectivity index (χ0v) is 12.4. The SMILES string of the molecule is C[C@@H](NC(=O)c1cc(Cl)c(N)c(Cl)c1)c1ccccc1. The van der Waals surface area contributed by atoms with Crippen LogP contribution in [0.25, 0.3) is 0 Å². The van der Waals surface area contributed by atoms with E-state index in [4.69, 9.17) is 28.9 Å². The topological polar surface area (TPSA) is 55.1 Å². The molecule has 104 valence electrons. The summed E-state index contributed by atoms with van der Waals surface area (Å²) in [5.74, 6) is -0.245. The van der Waals surface area contributed by atoms with E-state index < -0.39 is 0 Å². The highest BCUT2D eigenvalue weighted by atomic mass is 35.5. The molecule has 0 aliphatic carbocycles. The van der Waals surface area contributed by atoms with Gasteiger partial charge < -0.3 is 11.1 Å². The maximum atomic E-state index is 12.2. The molecule has 20 heavy (non-hydrogen) atoms. The molecule has 0 bridgehead atoms. The van der Waals surface area contributed by atoms with Crippen LogP contribution in [0.1, 0.15) is 28.9 Å². The second kappa shape index (κ2) is 6.16. The number of nitrogens with one attached hydrogen (secondary N) is 1. The summed E-state index contributed by atoms with van der Waals surface area (Å²) in [5.41, 5.74) is 7.33. The third kappa shape index (κ3) is 3.24. The average Bonchev–Trinajstić information content (AvgIpc) is 2.45. The van der Waals surface area contributed by atoms with Gasteiger partial charge in [0, 0.05) is 5.56 Å². The molecule has 0 aliphatic rings. The summed E-state index contributed by atoms with van der Waals surface area (Å²) >= 11 is 11.9. The van der Waals surface area contributed by atoms with Gasteiger partial charge >= 0.3 is 0 Å². The van der Waals surface area contributed by atoms with Crippen molar-refractivity contribution in [3.63, 3.8) is 0 Å². The Morgan fingerprint density at radius 3 is 2.25 bits per heavy atom. The number of benzene rings is 2. The van der Waals surface area contributed by atoms with Crippen molar-refractivity contribution in [2.24, 2.45) is 0 Å². The molecule has 0 radical (unpaired) electrons. The molecule has 3 N–H and O–H groups in total. The lowest BCUT2D eigenvalue weighted by molar-refractivity contribution is 0.0940. The van der Waals surface area contributed by atoms with Gasteiger partial charge in [0.25, 0.3) is 5.91 Å². The van der Waals surface area contributed by atoms with E-state index in [0.717, 1.165) is 5.56 Å². The molecule has 1 atom stereocenters. The number of carbonyl (C=O) groups is 1. The van der Waals surface area contributed by atoms with Gasteiger partial charge in [0.2, 0.25) is 0 Å². The highest BCUT2D eigenvalue weighted by molar-refractivity contribution is 6.39. The molecule has 0 aliphatic heterocycles. The molecule has 0 unspecified atom stereocenters. The second-order valence-corrected chi connectivity index (χ2v) is 5.27. The summed E-state index contributed by atoms with van der Waals surface area (Å²) in [5, 5.41) is 3.44. The van der Waals surface area contributed by atoms with Crippen molar-refractivity contribution in [3.8, 4) is 0 Å². The summed E-state index contributed by atoms with van der Waals surface area (Å²) in [7, 11) is 0. The van der Waals surface area contributed by atoms with Crippen molar-refractivity contribution >= 4 is 34.8 Å². The summed E-state index contributed by atoms with van der Waals surface area (Å²) in [6.07, 6.45) is 0. The molecule has 0 aromatic heterocycles. The molecule has 0 saturated carbocycles. The van der Waals surface area contributed by atoms with Crippen molar-refractivity contribution in [1.82, 2.24) is 5.32 Å². The Morgan fingerprint density at radius 2 is 1.70 bits per heavy atom. The summed E-state index contributed by atoms with van der Waals surface area (Å²) in [6.45, 7) is 1.91. The first-order valence-electron chi connectivity index (χ1n) is 6.09. The van der Waals surface area contributed by atoms with Crippen molar-refractivity contribution in [2.75, 3.05) is 5.73 Å². The molecule has 0 heterocycles. The maximum absolute atomic E-state index is 12.2. The third-order valence-corrected chi connectivity index (χ3v) is 3.61. The minimum Gasteiger partial charge on any atom is -0.396 e. The van der Waals surface area contributed by atoms with E-state index in [1.165, 1.54) is 12.1 Å². The molecule has 0 spiro atoms. The van der Waals surface area contributed by atoms with Crippen molar-refractivity contribution in [2.45, 2.75) is 13.0 Å². The van der Waals surface area contributed by atoms with E-state index >= 15 is 0 Å². The maximum Gasteiger partial charge on any atom is 0.251 e. The highest BCUT2D eigenvalue weighted by Gasteiger charge is 2.14. The predicted octanol–water partition coefficient (Wildman–Crippen LogP) is 4.07. The van der Waals surface area contributed by atoms with Crippen LogP contribution in [-0.4, -0.2) is 5.91 Å². The van der Waals surface area contributed by atoms with E-state index in [1.54, 1.807) is 0 Å². The van der Waals surface area contributed by atoms with Gasteiger partial charge in [-0.2, -0.15) is 0 Å². The Labute approximate surface area is 127 Å². The van der Waals surface area contributed by atoms with E-state index in [9.17, 15) is 4.79 Å². The predicted molar refractivity (Wildman–Crippen MR) is 83.2 cm³/mol. The Morgan fingerprint density at radius 1 is 1.15 bits per heavy atom. The Kier molecular flexibility index (Phi) is 4.53. The number of nitrogens with two attached hydrogens (primary N) is 1. The zero-order valence-electron chi connectivity index (χ0n) is 10.9. The fraction of sp³-hybridized carbons (Fsp3) is 0.133. The van der Waals surface area contributed by atoms with Crippen LogP contribution in [0, 0.1) is 0 Å². The van der Waals surface area contributed by atoms with Gasteiger partial charge in [0.05, 0.1) is 21.8 Å². The number of rotatable bonds is 3. The number of hydrogen-bond donors (Lipinski definition) is 2. The van der Waals surface area contributed by atoms with Crippen LogP contribution >= 0.6 is 23.2 Å². The third-order valence-electron chi connectivity index (χ3n) is 2.99. The fourth-order valence-corrected chi connectivity index (χ4v) is 2.31. The van der Waals surface area contributed by atoms with Crippen LogP contribution in [0.2, 0.25) is 10.0 Å². The van der Waals surface area contributed by atoms with E-state index in [-0.39, 0.29) is 27.7 Å². The number of anilines is 1. The van der Waals surface area contributed by atoms with Crippen LogP contribution < -0.4 is 11.1 Å². The molecule has 2 aromatic carbocycles. The summed E-state index contributed by atoms with van der Waals surface area (Å²) in [6, 6.07) is 12.6. The first-order chi connectivity index (χ1) is 9.49. The lowest BCUT2D eigenvalue weighted by atomic mass is 10.1. The first kappa shape index (κ1) is 14.7. The van der Waals surface area contributed by atoms with Gasteiger partial charge in [-0.1, -0.05) is 53.5 Å². The number of nitrogen functional groups attached to an aromatic ring is 1. The Hall–Kier alpha value is -1.71. The van der Waals surface area contributed by atoms with Crippen LogP contribution in [-0.2, 0) is 0 Å². The largest absolute Gasteiger partial charge is 0.396 e. The second-order valence-electron chi connectivity index (χ2n) is 4.46. The molecule has 0 fully saturated rings. The lowest BCUT2D eigenvalue weighted by Gasteiger charge is -2.15. The molecule has 2 rings (SSSR count). The molecular weight excluding hydrogens is 295 g/mol. The van der Waals surface area contributed by atoms with E-state index in [2.05, 4.69) is 5.32 Å². The van der Waals surface area contributed by atoms with E-state index in [1.807, 2.05) is 37.3 Å². The van der Waals surface area contributed by atoms with Gasteiger partial charge in [-0.05, 0) is 24.6 Å². The summed E-state index contributed by atoms with van der Waals surface area (Å²) < 4.78 is 0. The van der Waals surface area contributed by atoms with Crippen LogP contribution in [0.5, 0.6) is 0 Å². The Bertz CT molecular complexity index is 606. The molecule has 5 heteroatoms. The quantitative estimate of drug-likeness (QED) is 0.840. The highest BCUT2D eigenvalue weighted by Crippen LogP contribution is 2.29. The molecule has 0 saturated heterocycles. The normalized spacial score (nSPS) is 11.9. The lowest BCUT2D eigenvalue weighted by Crippen LogP contribution is -2.26. The summed E-state index contributed by atoms with van der Waals surface area (Å²) in [4.78, 5) is 12.2. The van der Waals surface area contributed by atoms with Crippen molar-refractivity contribution in [1.29, 1.82) is 0 Å². The minimum absolute atomic E-state index is 0.112. The van der Waals surface area contributed by atoms with E-state index in [0.29, 0.717) is 5.56 Å². The monoisotopic (exact) mass is 308 g/mol. The number of amides is 1. The fourth-order valence-electron chi connectivity index (χ4n) is 1.82. The average molecular weight is 309 g/mol. The van der Waals surface area contributed by atoms with Gasteiger partial charge in [-0.15, -0.1) is 0 Å². The number of carbonyl (C=O) groups excluding carboxylic acids is 1. The smallest absolute Gasteiger partial charge is 0.251 e. The molecule has 3 nitrogen and oxygen atoms in total. The first-order valence-corrected chi connectivity index (χ1v) is 6.85. The van der Waals surface area contributed by atoms with Gasteiger partial charge in [-0.3, -0.25) is 4.79 Å². The van der Waals surface area contributed by atoms with Crippen LogP contribution in [0.4, 0.5) is 5.69 Å².